The van der Waals surface area contributed by atoms with Crippen LogP contribution in [0.15, 0.2) is 170 Å². The van der Waals surface area contributed by atoms with Crippen molar-refractivity contribution in [2.24, 2.45) is 23.7 Å². The first-order chi connectivity index (χ1) is 64.9. The molecule has 692 valence electrons. The van der Waals surface area contributed by atoms with Crippen LogP contribution in [0.5, 0.6) is 0 Å². The first-order valence-corrected chi connectivity index (χ1v) is 46.9. The Morgan fingerprint density at radius 3 is 0.858 bits per heavy atom. The van der Waals surface area contributed by atoms with E-state index in [9.17, 15) is 45.5 Å². The number of benzene rings is 8. The topological polar surface area (TPSA) is 271 Å². The van der Waals surface area contributed by atoms with E-state index in [-0.39, 0.29) is 93.7 Å². The van der Waals surface area contributed by atoms with Crippen LogP contribution in [0.4, 0.5) is 26.3 Å². The molecular weight excluding hydrogens is 1710 g/mol. The number of nitrogens with one attached hydrogen (secondary N) is 4. The van der Waals surface area contributed by atoms with E-state index in [1.165, 1.54) is 38.5 Å². The summed E-state index contributed by atoms with van der Waals surface area (Å²) in [6.45, 7) is 16.8. The Labute approximate surface area is 772 Å². The largest absolute Gasteiger partial charge is 0.465 e. The molecular formula is C108H110F6N12O8. The van der Waals surface area contributed by atoms with Gasteiger partial charge < -0.3 is 38.9 Å². The smallest absolute Gasteiger partial charge is 0.343 e. The van der Waals surface area contributed by atoms with Gasteiger partial charge in [0.25, 0.3) is 0 Å². The van der Waals surface area contributed by atoms with Gasteiger partial charge in [-0.05, 0) is 310 Å². The number of ether oxygens (including phenoxy) is 4. The number of nitrogens with zero attached hydrogens (tertiary/aromatic N) is 8. The van der Waals surface area contributed by atoms with Crippen molar-refractivity contribution < 1.29 is 64.5 Å². The number of aryl methyl sites for hydroxylation is 2. The molecule has 0 amide bonds. The summed E-state index contributed by atoms with van der Waals surface area (Å²) in [5.74, 6) is 2.41. The van der Waals surface area contributed by atoms with Crippen molar-refractivity contribution in [2.75, 3.05) is 27.4 Å². The second kappa shape index (κ2) is 40.3. The quantitative estimate of drug-likeness (QED) is 0.0353. The number of H-pyrrole nitrogens is 4. The molecule has 16 aromatic rings. The minimum absolute atomic E-state index is 0.0888. The van der Waals surface area contributed by atoms with Gasteiger partial charge >= 0.3 is 23.9 Å². The zero-order chi connectivity index (χ0) is 93.9. The minimum atomic E-state index is -0.740. The molecule has 0 spiro atoms. The molecule has 26 heteroatoms. The summed E-state index contributed by atoms with van der Waals surface area (Å²) < 4.78 is 108. The second-order valence-electron chi connectivity index (χ2n) is 36.6. The first kappa shape index (κ1) is 92.6. The van der Waals surface area contributed by atoms with E-state index in [1.807, 2.05) is 86.6 Å². The lowest BCUT2D eigenvalue weighted by Gasteiger charge is -2.32. The van der Waals surface area contributed by atoms with Gasteiger partial charge in [-0.3, -0.25) is 19.9 Å². The molecule has 4 saturated carbocycles. The third-order valence-electron chi connectivity index (χ3n) is 29.1. The van der Waals surface area contributed by atoms with E-state index in [1.54, 1.807) is 87.2 Å². The number of pyridine rings is 4. The molecule has 4 N–H and O–H groups in total. The van der Waals surface area contributed by atoms with Gasteiger partial charge in [-0.15, -0.1) is 0 Å². The molecule has 0 saturated heterocycles. The fourth-order valence-electron chi connectivity index (χ4n) is 21.6. The van der Waals surface area contributed by atoms with Crippen molar-refractivity contribution in [3.63, 3.8) is 0 Å². The van der Waals surface area contributed by atoms with Crippen LogP contribution >= 0.6 is 0 Å². The molecule has 4 aliphatic carbocycles. The number of aromatic amines is 4. The molecule has 4 fully saturated rings. The number of aromatic nitrogens is 12. The van der Waals surface area contributed by atoms with Crippen LogP contribution in [-0.2, 0) is 18.9 Å². The maximum atomic E-state index is 14.8. The van der Waals surface area contributed by atoms with Crippen molar-refractivity contribution in [3.05, 3.63) is 284 Å². The lowest BCUT2D eigenvalue weighted by molar-refractivity contribution is 0.0516. The molecule has 134 heavy (non-hydrogen) atoms. The number of fused-ring (bicyclic) bond motifs is 8. The maximum absolute atomic E-state index is 14.8. The van der Waals surface area contributed by atoms with E-state index < -0.39 is 23.6 Å². The Morgan fingerprint density at radius 1 is 0.328 bits per heavy atom. The number of methoxy groups -OCH3 is 2. The number of rotatable bonds is 18. The van der Waals surface area contributed by atoms with Gasteiger partial charge in [0, 0.05) is 92.3 Å². The standard InChI is InChI=1S/2C28H30FN3O2.2C26H25F2N3O2/c2*1-4-34-28(33)21-15-25-24(14-16(21)2)31-27(32-25)17(3)18-7-9-19(10-8-18)26-20-6-5-13-30-23(20)12-11-22(26)29;2*1-14(25-30-21-12-10-19(28)23(24(21)31-25)26(32)33-2)15-5-7-16(8-6-15)22-17-4-3-13-29-20(17)11-9-18(22)27/h2*5-6,11-15,17-19H,4,7-10H2,1-3H3,(H,31,32);2*3-4,9-16H,5-8H2,1-2H3,(H,30,31)/t2*17-,18?,19?;2*14-,15?,16?/m1010/s1. The van der Waals surface area contributed by atoms with E-state index in [2.05, 4.69) is 77.5 Å². The van der Waals surface area contributed by atoms with Gasteiger partial charge in [0.2, 0.25) is 0 Å². The highest BCUT2D eigenvalue weighted by molar-refractivity contribution is 6.04. The highest BCUT2D eigenvalue weighted by atomic mass is 19.1. The molecule has 0 unspecified atom stereocenters. The molecule has 0 aliphatic heterocycles. The second-order valence-corrected chi connectivity index (χ2v) is 36.6. The van der Waals surface area contributed by atoms with Crippen LogP contribution in [0.25, 0.3) is 87.7 Å². The predicted molar refractivity (Wildman–Crippen MR) is 508 cm³/mol. The average Bonchev–Trinajstić information content (AvgIpc) is 1.49. The van der Waals surface area contributed by atoms with E-state index in [0.717, 1.165) is 225 Å². The molecule has 20 nitrogen and oxygen atoms in total. The summed E-state index contributed by atoms with van der Waals surface area (Å²) in [6.07, 6.45) is 22.1. The first-order valence-electron chi connectivity index (χ1n) is 46.9. The number of halogens is 6. The maximum Gasteiger partial charge on any atom is 0.343 e. The van der Waals surface area contributed by atoms with Crippen LogP contribution in [0.1, 0.15) is 290 Å². The molecule has 8 aromatic heterocycles. The van der Waals surface area contributed by atoms with E-state index in [0.29, 0.717) is 70.1 Å². The fourth-order valence-corrected chi connectivity index (χ4v) is 21.6. The minimum Gasteiger partial charge on any atom is -0.465 e. The van der Waals surface area contributed by atoms with Crippen LogP contribution in [0.3, 0.4) is 0 Å². The molecule has 8 heterocycles. The van der Waals surface area contributed by atoms with Crippen molar-refractivity contribution in [1.29, 1.82) is 0 Å². The van der Waals surface area contributed by atoms with E-state index in [4.69, 9.17) is 28.9 Å². The molecule has 4 aliphatic rings. The highest BCUT2D eigenvalue weighted by Gasteiger charge is 2.37. The number of hydrogen-bond acceptors (Lipinski definition) is 16. The van der Waals surface area contributed by atoms with Crippen molar-refractivity contribution in [3.8, 4) is 0 Å². The summed E-state index contributed by atoms with van der Waals surface area (Å²) in [6, 6.07) is 41.7. The third kappa shape index (κ3) is 18.9. The molecule has 20 rings (SSSR count). The summed E-state index contributed by atoms with van der Waals surface area (Å²) in [4.78, 5) is 98.5. The number of carbonyl (C=O) groups is 4. The predicted octanol–water partition coefficient (Wildman–Crippen LogP) is 26.1. The molecule has 0 radical (unpaired) electrons. The number of esters is 4. The summed E-state index contributed by atoms with van der Waals surface area (Å²) in [5, 5.41) is 3.65. The van der Waals surface area contributed by atoms with Crippen LogP contribution in [-0.4, -0.2) is 111 Å². The van der Waals surface area contributed by atoms with Gasteiger partial charge in [-0.25, -0.2) is 65.5 Å². The lowest BCUT2D eigenvalue weighted by atomic mass is 9.73. The van der Waals surface area contributed by atoms with Gasteiger partial charge in [0.1, 0.15) is 80.4 Å². The monoisotopic (exact) mass is 1820 g/mol. The molecule has 0 bridgehead atoms. The van der Waals surface area contributed by atoms with Crippen LogP contribution in [0.2, 0.25) is 0 Å². The van der Waals surface area contributed by atoms with Crippen molar-refractivity contribution in [2.45, 2.75) is 205 Å². The summed E-state index contributed by atoms with van der Waals surface area (Å²) in [5.41, 5.74) is 14.4. The zero-order valence-electron chi connectivity index (χ0n) is 76.9. The SMILES string of the molecule is CCOC(=O)c1cc2nc([C@@H](C)C3CCC(c4c(F)ccc5ncccc45)CC3)[nH]c2cc1C.CCOC(=O)c1cc2nc([C@H](C)C3CCC(c4c(F)ccc5ncccc45)CC3)[nH]c2cc1C.COC(=O)c1c(F)ccc2[nH]c([C@@H](C)C3CCC(c4c(F)ccc5ncccc45)CC3)nc12.COC(=O)c1c(F)ccc2[nH]c([C@H](C)C3CCC(c4c(F)ccc5ncccc45)CC3)nc12. The zero-order valence-corrected chi connectivity index (χ0v) is 76.9. The van der Waals surface area contributed by atoms with Gasteiger partial charge in [-0.2, -0.15) is 0 Å². The fraction of sp³-hybridized carbons (Fsp3) is 0.370. The average molecular weight is 1820 g/mol. The number of carbonyl (C=O) groups excluding carboxylic acids is 4. The third-order valence-corrected chi connectivity index (χ3v) is 29.1. The van der Waals surface area contributed by atoms with Crippen LogP contribution in [0, 0.1) is 72.4 Å². The van der Waals surface area contributed by atoms with Gasteiger partial charge in [0.05, 0.1) is 93.7 Å². The Bertz CT molecular complexity index is 6640. The Kier molecular flexibility index (Phi) is 27.8. The Hall–Kier alpha value is -13.3. The number of imidazole rings is 4. The Morgan fingerprint density at radius 2 is 0.590 bits per heavy atom. The normalized spacial score (nSPS) is 19.5. The Balaban J connectivity index is 0.000000124. The number of hydrogen-bond donors (Lipinski definition) is 4. The summed E-state index contributed by atoms with van der Waals surface area (Å²) in [7, 11) is 2.45. The van der Waals surface area contributed by atoms with Gasteiger partial charge in [0.15, 0.2) is 0 Å². The van der Waals surface area contributed by atoms with Crippen molar-refractivity contribution in [1.82, 2.24) is 59.8 Å². The van der Waals surface area contributed by atoms with E-state index >= 15 is 0 Å². The molecule has 8 aromatic carbocycles. The van der Waals surface area contributed by atoms with Gasteiger partial charge in [-0.1, -0.05) is 52.0 Å². The lowest BCUT2D eigenvalue weighted by Crippen LogP contribution is -2.19. The van der Waals surface area contributed by atoms with Crippen LogP contribution < -0.4 is 0 Å². The summed E-state index contributed by atoms with van der Waals surface area (Å²) >= 11 is 0. The molecule has 4 atom stereocenters. The van der Waals surface area contributed by atoms with Crippen molar-refractivity contribution >= 4 is 112 Å². The highest BCUT2D eigenvalue weighted by Crippen LogP contribution is 2.50.